The number of nitrogens with two attached hydrogens (primary N) is 2. The zero-order valence-corrected chi connectivity index (χ0v) is 16.4. The number of halogens is 3. The number of aliphatic carboxylic acids is 1. The van der Waals surface area contributed by atoms with Gasteiger partial charge in [-0.2, -0.15) is 0 Å². The predicted molar refractivity (Wildman–Crippen MR) is 91.4 cm³/mol. The third-order valence-electron chi connectivity index (χ3n) is 1.26. The van der Waals surface area contributed by atoms with Crippen molar-refractivity contribution in [3.05, 3.63) is 0 Å². The molecule has 0 bridgehead atoms. The van der Waals surface area contributed by atoms with Gasteiger partial charge in [0, 0.05) is 28.5 Å². The van der Waals surface area contributed by atoms with Crippen LogP contribution in [0.2, 0.25) is 0 Å². The first kappa shape index (κ1) is 33.4. The number of hydrogen-bond acceptors (Lipinski definition) is 7. The van der Waals surface area contributed by atoms with Gasteiger partial charge in [-0.05, 0) is 27.7 Å². The third-order valence-corrected chi connectivity index (χ3v) is 1.26. The molecule has 0 fully saturated rings. The molecular weight excluding hydrogens is 383 g/mol. The van der Waals surface area contributed by atoms with Crippen LogP contribution >= 0.6 is 33.8 Å². The summed E-state index contributed by atoms with van der Waals surface area (Å²) in [7, 11) is 9.67. The van der Waals surface area contributed by atoms with Crippen LogP contribution in [0.4, 0.5) is 0 Å². The zero-order valence-electron chi connectivity index (χ0n) is 13.3. The highest BCUT2D eigenvalue weighted by Gasteiger charge is 2.21. The standard InChI is InChI=1S/C5H11NO2.C4H9NO2.CH4O.Cl2OS.ClH/c1-5(2,6)4(7)8-3;1-4(2,5)3(6)7;1-2;1-4(2)3;/h6H2,1-3H3;5H2,1-2H3,(H,6,7);2H,1H3;;1H. The van der Waals surface area contributed by atoms with Crippen LogP contribution in [0.5, 0.6) is 0 Å². The molecule has 0 unspecified atom stereocenters. The van der Waals surface area contributed by atoms with Crippen LogP contribution in [-0.2, 0) is 23.6 Å². The molecule has 138 valence electrons. The number of aliphatic hydroxyl groups is 1. The topological polar surface area (TPSA) is 153 Å². The third kappa shape index (κ3) is 36.8. The summed E-state index contributed by atoms with van der Waals surface area (Å²) in [4.78, 5) is 20.4. The number of aliphatic hydroxyl groups excluding tert-OH is 1. The first-order valence-corrected chi connectivity index (χ1v) is 8.05. The Morgan fingerprint density at radius 3 is 1.23 bits per heavy atom. The number of rotatable bonds is 2. The van der Waals surface area contributed by atoms with Crippen LogP contribution in [0, 0.1) is 0 Å². The highest BCUT2D eigenvalue weighted by molar-refractivity contribution is 8.26. The number of carbonyl (C=O) groups excluding carboxylic acids is 1. The van der Waals surface area contributed by atoms with Gasteiger partial charge in [0.05, 0.1) is 7.11 Å². The monoisotopic (exact) mass is 406 g/mol. The number of methoxy groups -OCH3 is 1. The van der Waals surface area contributed by atoms with Crippen molar-refractivity contribution in [3.63, 3.8) is 0 Å². The summed E-state index contributed by atoms with van der Waals surface area (Å²) in [5.74, 6) is -1.37. The van der Waals surface area contributed by atoms with E-state index in [4.69, 9.17) is 25.9 Å². The van der Waals surface area contributed by atoms with E-state index in [9.17, 15) is 9.59 Å². The smallest absolute Gasteiger partial charge is 0.325 e. The number of esters is 1. The number of carboxylic acids is 1. The van der Waals surface area contributed by atoms with Crippen molar-refractivity contribution >= 4 is 54.9 Å². The van der Waals surface area contributed by atoms with Crippen LogP contribution in [0.15, 0.2) is 0 Å². The molecule has 0 aliphatic heterocycles. The van der Waals surface area contributed by atoms with E-state index < -0.39 is 32.2 Å². The first-order chi connectivity index (χ1) is 9.16. The molecule has 22 heavy (non-hydrogen) atoms. The van der Waals surface area contributed by atoms with Gasteiger partial charge >= 0.3 is 11.9 Å². The van der Waals surface area contributed by atoms with Gasteiger partial charge in [0.15, 0.2) is 0 Å². The summed E-state index contributed by atoms with van der Waals surface area (Å²) in [6, 6.07) is 0. The molecule has 0 aliphatic carbocycles. The van der Waals surface area contributed by atoms with E-state index in [1.54, 1.807) is 13.8 Å². The molecule has 0 atom stereocenters. The predicted octanol–water partition coefficient (Wildman–Crippen LogP) is 0.778. The summed E-state index contributed by atoms with van der Waals surface area (Å²) < 4.78 is 13.4. The summed E-state index contributed by atoms with van der Waals surface area (Å²) in [6.45, 7) is 6.07. The van der Waals surface area contributed by atoms with E-state index in [1.807, 2.05) is 0 Å². The summed E-state index contributed by atoms with van der Waals surface area (Å²) in [5.41, 5.74) is 8.46. The van der Waals surface area contributed by atoms with E-state index in [1.165, 1.54) is 21.0 Å². The van der Waals surface area contributed by atoms with Gasteiger partial charge in [-0.15, -0.1) is 12.4 Å². The van der Waals surface area contributed by atoms with Gasteiger partial charge in [-0.3, -0.25) is 9.59 Å². The molecule has 0 spiro atoms. The van der Waals surface area contributed by atoms with Gasteiger partial charge in [0.2, 0.25) is 9.23 Å². The summed E-state index contributed by atoms with van der Waals surface area (Å²) in [5, 5.41) is 15.1. The molecule has 0 rings (SSSR count). The Morgan fingerprint density at radius 1 is 1.05 bits per heavy atom. The molecule has 0 saturated carbocycles. The fourth-order valence-corrected chi connectivity index (χ4v) is 0.263. The van der Waals surface area contributed by atoms with Crippen molar-refractivity contribution in [1.29, 1.82) is 0 Å². The quantitative estimate of drug-likeness (QED) is 0.387. The maximum atomic E-state index is 10.5. The second kappa shape index (κ2) is 17.2. The van der Waals surface area contributed by atoms with Gasteiger partial charge in [-0.25, -0.2) is 4.21 Å². The molecule has 0 aliphatic rings. The lowest BCUT2D eigenvalue weighted by Gasteiger charge is -2.13. The molecule has 0 aromatic carbocycles. The fourth-order valence-electron chi connectivity index (χ4n) is 0.263. The Kier molecular flexibility index (Phi) is 26.1. The summed E-state index contributed by atoms with van der Waals surface area (Å²) in [6.07, 6.45) is 0. The van der Waals surface area contributed by atoms with Crippen molar-refractivity contribution in [2.75, 3.05) is 14.2 Å². The average Bonchev–Trinajstić information content (AvgIpc) is 2.28. The molecule has 0 aromatic rings. The molecule has 12 heteroatoms. The van der Waals surface area contributed by atoms with Crippen LogP contribution in [0.25, 0.3) is 0 Å². The van der Waals surface area contributed by atoms with E-state index >= 15 is 0 Å². The van der Waals surface area contributed by atoms with Gasteiger partial charge in [0.25, 0.3) is 0 Å². The SMILES string of the molecule is CC(C)(N)C(=O)O.CO.COC(=O)C(C)(C)N.Cl.O=S(Cl)Cl. The van der Waals surface area contributed by atoms with Gasteiger partial charge < -0.3 is 26.4 Å². The molecule has 0 amide bonds. The molecule has 0 heterocycles. The normalized spacial score (nSPS) is 9.45. The minimum Gasteiger partial charge on any atom is -0.480 e. The van der Waals surface area contributed by atoms with Crippen LogP contribution in [-0.4, -0.2) is 51.7 Å². The average molecular weight is 408 g/mol. The Labute approximate surface area is 148 Å². The molecular formula is C10H25Cl3N2O6S. The zero-order chi connectivity index (χ0) is 18.4. The lowest BCUT2D eigenvalue weighted by Crippen LogP contribution is -2.42. The Morgan fingerprint density at radius 2 is 1.23 bits per heavy atom. The van der Waals surface area contributed by atoms with Crippen LogP contribution < -0.4 is 11.5 Å². The van der Waals surface area contributed by atoms with E-state index in [2.05, 4.69) is 26.1 Å². The minimum atomic E-state index is -1.67. The highest BCUT2D eigenvalue weighted by atomic mass is 36.0. The Bertz CT molecular complexity index is 315. The van der Waals surface area contributed by atoms with E-state index in [0.29, 0.717) is 0 Å². The Hall–Kier alpha value is -0.160. The van der Waals surface area contributed by atoms with E-state index in [0.717, 1.165) is 7.11 Å². The maximum Gasteiger partial charge on any atom is 0.325 e. The lowest BCUT2D eigenvalue weighted by atomic mass is 10.1. The van der Waals surface area contributed by atoms with Crippen molar-refractivity contribution in [3.8, 4) is 0 Å². The molecule has 0 radical (unpaired) electrons. The summed E-state index contributed by atoms with van der Waals surface area (Å²) >= 11 is 0. The van der Waals surface area contributed by atoms with Crippen molar-refractivity contribution in [1.82, 2.24) is 0 Å². The van der Waals surface area contributed by atoms with Crippen molar-refractivity contribution in [2.24, 2.45) is 11.5 Å². The van der Waals surface area contributed by atoms with Crippen LogP contribution in [0.3, 0.4) is 0 Å². The minimum absolute atomic E-state index is 0. The first-order valence-electron chi connectivity index (χ1n) is 5.24. The second-order valence-electron chi connectivity index (χ2n) is 4.42. The lowest BCUT2D eigenvalue weighted by molar-refractivity contribution is -0.145. The van der Waals surface area contributed by atoms with Gasteiger partial charge in [-0.1, -0.05) is 0 Å². The largest absolute Gasteiger partial charge is 0.480 e. The number of hydrogen-bond donors (Lipinski definition) is 4. The van der Waals surface area contributed by atoms with Crippen molar-refractivity contribution < 1.29 is 28.7 Å². The van der Waals surface area contributed by atoms with E-state index in [-0.39, 0.29) is 12.4 Å². The van der Waals surface area contributed by atoms with Gasteiger partial charge in [0.1, 0.15) is 11.1 Å². The molecule has 8 nitrogen and oxygen atoms in total. The molecule has 6 N–H and O–H groups in total. The Balaban J connectivity index is -0.0000000633. The highest BCUT2D eigenvalue weighted by Crippen LogP contribution is 1.97. The second-order valence-corrected chi connectivity index (χ2v) is 6.95. The van der Waals surface area contributed by atoms with Crippen LogP contribution in [0.1, 0.15) is 27.7 Å². The molecule has 0 saturated heterocycles. The number of carboxylic acid groups (broad SMARTS) is 1. The number of ether oxygens (including phenoxy) is 1. The number of carbonyl (C=O) groups is 2. The molecule has 0 aromatic heterocycles. The fraction of sp³-hybridized carbons (Fsp3) is 0.800. The van der Waals surface area contributed by atoms with Crippen molar-refractivity contribution in [2.45, 2.75) is 38.8 Å². The maximum absolute atomic E-state index is 10.5.